The van der Waals surface area contributed by atoms with E-state index in [4.69, 9.17) is 0 Å². The van der Waals surface area contributed by atoms with Crippen LogP contribution in [0.25, 0.3) is 100 Å². The second-order valence-electron chi connectivity index (χ2n) is 13.0. The SMILES string of the molecule is C(=Cc1cc2ccc3cccc4ccc(c1)c2c34)c1ccc(-c2ccc(C=Cc3cc4ccc5cccc6ccc(c3)c4c56)cc2)cc1. The fraction of sp³-hybridized carbons (Fsp3) is 0. The molecule has 0 nitrogen and oxygen atoms in total. The van der Waals surface area contributed by atoms with Gasteiger partial charge < -0.3 is 0 Å². The standard InChI is InChI=1S/C48H30/c1-3-37-19-23-41-27-33(28-42-24-20-38(4-1)45(37)47(41)42)9-7-31-11-15-35(16-12-31)36-17-13-32(14-18-36)8-10-34-29-43-25-21-39-5-2-6-40-22-26-44(30-34)48(43)46(39)40/h1-30H. The predicted molar refractivity (Wildman–Crippen MR) is 210 cm³/mol. The Bertz CT molecular complexity index is 2520. The normalized spacial score (nSPS) is 12.4. The first-order valence-electron chi connectivity index (χ1n) is 16.7. The van der Waals surface area contributed by atoms with E-state index in [0.717, 1.165) is 0 Å². The molecule has 0 unspecified atom stereocenters. The van der Waals surface area contributed by atoms with Crippen LogP contribution in [0.15, 0.2) is 158 Å². The molecular formula is C48H30. The van der Waals surface area contributed by atoms with Crippen molar-refractivity contribution in [2.45, 2.75) is 0 Å². The van der Waals surface area contributed by atoms with Crippen molar-refractivity contribution in [3.63, 3.8) is 0 Å². The molecule has 48 heavy (non-hydrogen) atoms. The van der Waals surface area contributed by atoms with Gasteiger partial charge in [-0.25, -0.2) is 0 Å². The van der Waals surface area contributed by atoms with Crippen LogP contribution >= 0.6 is 0 Å². The molecule has 10 aromatic carbocycles. The highest BCUT2D eigenvalue weighted by atomic mass is 14.1. The monoisotopic (exact) mass is 606 g/mol. The van der Waals surface area contributed by atoms with E-state index in [9.17, 15) is 0 Å². The minimum absolute atomic E-state index is 1.19. The zero-order valence-corrected chi connectivity index (χ0v) is 26.3. The second kappa shape index (κ2) is 10.7. The van der Waals surface area contributed by atoms with Crippen molar-refractivity contribution in [3.8, 4) is 11.1 Å². The van der Waals surface area contributed by atoms with Crippen LogP contribution in [0.4, 0.5) is 0 Å². The van der Waals surface area contributed by atoms with Gasteiger partial charge in [-0.3, -0.25) is 0 Å². The van der Waals surface area contributed by atoms with Crippen LogP contribution in [0.5, 0.6) is 0 Å². The Morgan fingerprint density at radius 1 is 0.229 bits per heavy atom. The summed E-state index contributed by atoms with van der Waals surface area (Å²) < 4.78 is 0. The lowest BCUT2D eigenvalue weighted by atomic mass is 9.93. The van der Waals surface area contributed by atoms with Crippen molar-refractivity contribution in [1.82, 2.24) is 0 Å². The van der Waals surface area contributed by atoms with Gasteiger partial charge in [0, 0.05) is 0 Å². The fourth-order valence-corrected chi connectivity index (χ4v) is 7.71. The van der Waals surface area contributed by atoms with E-state index >= 15 is 0 Å². The molecule has 0 heterocycles. The van der Waals surface area contributed by atoms with Crippen molar-refractivity contribution in [2.75, 3.05) is 0 Å². The molecule has 222 valence electrons. The highest BCUT2D eigenvalue weighted by molar-refractivity contribution is 6.24. The highest BCUT2D eigenvalue weighted by Gasteiger charge is 2.10. The number of hydrogen-bond donors (Lipinski definition) is 0. The average Bonchev–Trinajstić information content (AvgIpc) is 3.14. The first-order valence-corrected chi connectivity index (χ1v) is 16.7. The summed E-state index contributed by atoms with van der Waals surface area (Å²) in [5.41, 5.74) is 7.26. The molecule has 0 spiro atoms. The largest absolute Gasteiger partial charge is 0.0610 e. The van der Waals surface area contributed by atoms with E-state index in [1.165, 1.54) is 98.0 Å². The lowest BCUT2D eigenvalue weighted by Gasteiger charge is -2.11. The van der Waals surface area contributed by atoms with E-state index in [0.29, 0.717) is 0 Å². The lowest BCUT2D eigenvalue weighted by molar-refractivity contribution is 1.59. The molecule has 0 aliphatic rings. The topological polar surface area (TPSA) is 0 Å². The van der Waals surface area contributed by atoms with Crippen LogP contribution in [-0.4, -0.2) is 0 Å². The zero-order chi connectivity index (χ0) is 31.6. The molecule has 0 aliphatic heterocycles. The molecule has 0 heteroatoms. The van der Waals surface area contributed by atoms with Crippen LogP contribution in [0.1, 0.15) is 22.3 Å². The maximum Gasteiger partial charge on any atom is -0.00264 e. The lowest BCUT2D eigenvalue weighted by Crippen LogP contribution is -1.85. The third-order valence-electron chi connectivity index (χ3n) is 10.1. The highest BCUT2D eigenvalue weighted by Crippen LogP contribution is 2.37. The Balaban J connectivity index is 0.873. The van der Waals surface area contributed by atoms with Gasteiger partial charge in [-0.1, -0.05) is 158 Å². The molecule has 0 fully saturated rings. The number of benzene rings is 10. The molecule has 0 bridgehead atoms. The molecule has 0 saturated heterocycles. The van der Waals surface area contributed by atoms with Gasteiger partial charge in [-0.2, -0.15) is 0 Å². The summed E-state index contributed by atoms with van der Waals surface area (Å²) in [6, 6.07) is 58.0. The van der Waals surface area contributed by atoms with E-state index in [-0.39, 0.29) is 0 Å². The average molecular weight is 607 g/mol. The van der Waals surface area contributed by atoms with Gasteiger partial charge in [0.2, 0.25) is 0 Å². The van der Waals surface area contributed by atoms with Crippen LogP contribution in [0, 0.1) is 0 Å². The smallest absolute Gasteiger partial charge is 0.00264 e. The predicted octanol–water partition coefficient (Wildman–Crippen LogP) is 13.5. The summed E-state index contributed by atoms with van der Waals surface area (Å²) in [6.45, 7) is 0. The van der Waals surface area contributed by atoms with E-state index in [2.05, 4.69) is 182 Å². The van der Waals surface area contributed by atoms with Crippen LogP contribution < -0.4 is 0 Å². The van der Waals surface area contributed by atoms with Gasteiger partial charge >= 0.3 is 0 Å². The minimum atomic E-state index is 1.19. The molecule has 0 radical (unpaired) electrons. The Morgan fingerprint density at radius 2 is 0.500 bits per heavy atom. The molecule has 0 aliphatic carbocycles. The summed E-state index contributed by atoms with van der Waals surface area (Å²) in [5.74, 6) is 0. The van der Waals surface area contributed by atoms with E-state index in [1.54, 1.807) is 0 Å². The Hall–Kier alpha value is -6.24. The maximum atomic E-state index is 2.30. The third kappa shape index (κ3) is 4.46. The molecule has 0 N–H and O–H groups in total. The molecule has 0 atom stereocenters. The van der Waals surface area contributed by atoms with Crippen molar-refractivity contribution >= 4 is 88.9 Å². The quantitative estimate of drug-likeness (QED) is 0.135. The summed E-state index contributed by atoms with van der Waals surface area (Å²) in [6.07, 6.45) is 8.88. The summed E-state index contributed by atoms with van der Waals surface area (Å²) >= 11 is 0. The van der Waals surface area contributed by atoms with Crippen LogP contribution in [0.3, 0.4) is 0 Å². The van der Waals surface area contributed by atoms with Gasteiger partial charge in [-0.15, -0.1) is 0 Å². The molecule has 0 amide bonds. The van der Waals surface area contributed by atoms with Crippen molar-refractivity contribution in [1.29, 1.82) is 0 Å². The molecule has 0 saturated carbocycles. The third-order valence-corrected chi connectivity index (χ3v) is 10.1. The molecule has 0 aromatic heterocycles. The van der Waals surface area contributed by atoms with Crippen molar-refractivity contribution in [3.05, 3.63) is 180 Å². The minimum Gasteiger partial charge on any atom is -0.0610 e. The fourth-order valence-electron chi connectivity index (χ4n) is 7.71. The summed E-state index contributed by atoms with van der Waals surface area (Å²) in [5, 5.41) is 15.9. The van der Waals surface area contributed by atoms with Gasteiger partial charge in [0.05, 0.1) is 0 Å². The van der Waals surface area contributed by atoms with Gasteiger partial charge in [-0.05, 0) is 122 Å². The van der Waals surface area contributed by atoms with Gasteiger partial charge in [0.1, 0.15) is 0 Å². The molecule has 10 rings (SSSR count). The van der Waals surface area contributed by atoms with Crippen LogP contribution in [0.2, 0.25) is 0 Å². The van der Waals surface area contributed by atoms with Crippen LogP contribution in [-0.2, 0) is 0 Å². The Labute approximate surface area is 279 Å². The van der Waals surface area contributed by atoms with Crippen molar-refractivity contribution in [2.24, 2.45) is 0 Å². The first kappa shape index (κ1) is 26.9. The first-order chi connectivity index (χ1) is 23.7. The van der Waals surface area contributed by atoms with E-state index in [1.807, 2.05) is 0 Å². The zero-order valence-electron chi connectivity index (χ0n) is 26.3. The van der Waals surface area contributed by atoms with Crippen molar-refractivity contribution < 1.29 is 0 Å². The molecule has 10 aromatic rings. The molecular weight excluding hydrogens is 577 g/mol. The van der Waals surface area contributed by atoms with Gasteiger partial charge in [0.15, 0.2) is 0 Å². The Kier molecular flexibility index (Phi) is 5.98. The summed E-state index contributed by atoms with van der Waals surface area (Å²) in [4.78, 5) is 0. The second-order valence-corrected chi connectivity index (χ2v) is 13.0. The number of hydrogen-bond acceptors (Lipinski definition) is 0. The maximum absolute atomic E-state index is 2.30. The number of rotatable bonds is 5. The Morgan fingerprint density at radius 3 is 0.833 bits per heavy atom. The summed E-state index contributed by atoms with van der Waals surface area (Å²) in [7, 11) is 0. The van der Waals surface area contributed by atoms with E-state index < -0.39 is 0 Å². The van der Waals surface area contributed by atoms with Gasteiger partial charge in [0.25, 0.3) is 0 Å².